The van der Waals surface area contributed by atoms with Gasteiger partial charge in [0.1, 0.15) is 0 Å². The van der Waals surface area contributed by atoms with Gasteiger partial charge in [0.25, 0.3) is 5.91 Å². The van der Waals surface area contributed by atoms with Gasteiger partial charge in [-0.05, 0) is 47.2 Å². The number of nitrogens with one attached hydrogen (secondary N) is 2. The predicted octanol–water partition coefficient (Wildman–Crippen LogP) is 3.61. The Bertz CT molecular complexity index is 1010. The van der Waals surface area contributed by atoms with Crippen LogP contribution in [-0.2, 0) is 10.5 Å². The van der Waals surface area contributed by atoms with Gasteiger partial charge in [-0.2, -0.15) is 5.10 Å². The number of hydrogen-bond acceptors (Lipinski definition) is 7. The normalized spacial score (nSPS) is 11.4. The number of rotatable bonds is 8. The van der Waals surface area contributed by atoms with Crippen molar-refractivity contribution in [1.82, 2.24) is 10.5 Å². The molecule has 6 nitrogen and oxygen atoms in total. The van der Waals surface area contributed by atoms with Crippen LogP contribution in [0.3, 0.4) is 0 Å². The molecule has 0 atom stereocenters. The molecule has 0 saturated carbocycles. The third kappa shape index (κ3) is 6.74. The minimum atomic E-state index is -0.227. The van der Waals surface area contributed by atoms with Crippen molar-refractivity contribution in [2.75, 3.05) is 5.75 Å². The number of H-pyrrole nitrogens is 1. The summed E-state index contributed by atoms with van der Waals surface area (Å²) in [5.41, 5.74) is 5.00. The molecule has 150 valence electrons. The lowest BCUT2D eigenvalue weighted by atomic mass is 10.1. The van der Waals surface area contributed by atoms with Gasteiger partial charge in [-0.15, -0.1) is 5.75 Å². The largest absolute Gasteiger partial charge is 0.872 e. The topological polar surface area (TPSA) is 91.6 Å². The monoisotopic (exact) mass is 464 g/mol. The number of halogens is 1. The number of thioether (sulfide) groups is 2. The smallest absolute Gasteiger partial charge is 0.323 e. The summed E-state index contributed by atoms with van der Waals surface area (Å²) in [6, 6.07) is 14.0. The molecule has 0 bridgehead atoms. The molecule has 0 unspecified atom stereocenters. The van der Waals surface area contributed by atoms with Gasteiger partial charge < -0.3 is 5.11 Å². The molecule has 1 heterocycles. The molecule has 2 N–H and O–H groups in total. The molecule has 0 spiro atoms. The number of amides is 1. The predicted molar refractivity (Wildman–Crippen MR) is 117 cm³/mol. The molecule has 0 aliphatic heterocycles. The molecule has 0 aliphatic rings. The molecule has 1 aromatic heterocycles. The standard InChI is InChI=1S/C19H17ClN4O2S3/c1-12(13-6-8-15(25)9-7-13)21-22-17(26)11-28-19-24-23-18(29-19)27-10-14-4-2-3-5-16(14)20/h2-9,25H,10-11H2,1H3,(H,22,26). The maximum Gasteiger partial charge on any atom is 0.323 e. The maximum atomic E-state index is 12.0. The lowest BCUT2D eigenvalue weighted by Gasteiger charge is -2.06. The van der Waals surface area contributed by atoms with Gasteiger partial charge in [0.2, 0.25) is 4.34 Å². The van der Waals surface area contributed by atoms with Crippen LogP contribution in [0.4, 0.5) is 0 Å². The van der Waals surface area contributed by atoms with Crippen molar-refractivity contribution in [1.29, 1.82) is 0 Å². The molecular formula is C19H17ClN4O2S3. The van der Waals surface area contributed by atoms with Gasteiger partial charge in [0, 0.05) is 15.9 Å². The molecule has 0 aliphatic carbocycles. The summed E-state index contributed by atoms with van der Waals surface area (Å²) in [6.45, 7) is 1.77. The van der Waals surface area contributed by atoms with Crippen LogP contribution >= 0.6 is 46.5 Å². The van der Waals surface area contributed by atoms with E-state index < -0.39 is 0 Å². The second-order valence-electron chi connectivity index (χ2n) is 5.80. The van der Waals surface area contributed by atoms with Crippen LogP contribution in [0.2, 0.25) is 5.02 Å². The maximum absolute atomic E-state index is 12.0. The summed E-state index contributed by atoms with van der Waals surface area (Å²) in [5.74, 6) is 0.651. The minimum absolute atomic E-state index is 0.0633. The lowest BCUT2D eigenvalue weighted by molar-refractivity contribution is -0.492. The van der Waals surface area contributed by atoms with Crippen LogP contribution in [-0.4, -0.2) is 22.5 Å². The van der Waals surface area contributed by atoms with Crippen molar-refractivity contribution in [3.63, 3.8) is 0 Å². The van der Waals surface area contributed by atoms with Crippen LogP contribution in [0.25, 0.3) is 0 Å². The van der Waals surface area contributed by atoms with Gasteiger partial charge in [-0.1, -0.05) is 70.9 Å². The first kappa shape index (κ1) is 21.6. The number of hydrogen-bond donors (Lipinski definition) is 1. The van der Waals surface area contributed by atoms with Crippen molar-refractivity contribution in [3.05, 3.63) is 64.7 Å². The van der Waals surface area contributed by atoms with Crippen molar-refractivity contribution >= 4 is 58.1 Å². The minimum Gasteiger partial charge on any atom is -0.872 e. The van der Waals surface area contributed by atoms with Gasteiger partial charge in [-0.25, -0.2) is 5.43 Å². The summed E-state index contributed by atoms with van der Waals surface area (Å²) in [7, 11) is 0. The number of carbonyl (C=O) groups is 1. The number of hydrazone groups is 1. The summed E-state index contributed by atoms with van der Waals surface area (Å²) in [5, 5.41) is 23.2. The van der Waals surface area contributed by atoms with Gasteiger partial charge in [-0.3, -0.25) is 4.79 Å². The number of nitrogens with zero attached hydrogens (tertiary/aromatic N) is 2. The fraction of sp³-hybridized carbons (Fsp3) is 0.158. The highest BCUT2D eigenvalue weighted by molar-refractivity contribution is 8.03. The molecule has 2 aromatic carbocycles. The van der Waals surface area contributed by atoms with E-state index in [1.165, 1.54) is 35.2 Å². The zero-order valence-corrected chi connectivity index (χ0v) is 18.6. The van der Waals surface area contributed by atoms with Gasteiger partial charge in [0.15, 0.2) is 0 Å². The lowest BCUT2D eigenvalue weighted by Crippen LogP contribution is -2.21. The Morgan fingerprint density at radius 1 is 1.24 bits per heavy atom. The van der Waals surface area contributed by atoms with E-state index in [2.05, 4.69) is 20.7 Å². The van der Waals surface area contributed by atoms with Crippen molar-refractivity contribution < 1.29 is 15.0 Å². The number of aromatic nitrogens is 2. The Labute approximate surface area is 185 Å². The zero-order valence-electron chi connectivity index (χ0n) is 15.3. The number of benzene rings is 2. The average Bonchev–Trinajstić information content (AvgIpc) is 3.18. The van der Waals surface area contributed by atoms with Crippen LogP contribution in [0.15, 0.2) is 62.3 Å². The fourth-order valence-electron chi connectivity index (χ4n) is 2.16. The van der Waals surface area contributed by atoms with E-state index in [9.17, 15) is 9.90 Å². The quantitative estimate of drug-likeness (QED) is 0.312. The zero-order chi connectivity index (χ0) is 20.6. The first-order chi connectivity index (χ1) is 14.0. The SMILES string of the molecule is CC(=NNC(=O)CSc1n[nH+]c(SCc2ccccc2Cl)s1)c1ccc([O-])cc1. The Morgan fingerprint density at radius 2 is 2.00 bits per heavy atom. The van der Waals surface area contributed by atoms with E-state index >= 15 is 0 Å². The highest BCUT2D eigenvalue weighted by atomic mass is 35.5. The van der Waals surface area contributed by atoms with Gasteiger partial charge in [0.05, 0.1) is 11.5 Å². The first-order valence-corrected chi connectivity index (χ1v) is 11.7. The Morgan fingerprint density at radius 3 is 2.76 bits per heavy atom. The third-order valence-electron chi connectivity index (χ3n) is 3.68. The Hall–Kier alpha value is -2.07. The van der Waals surface area contributed by atoms with Crippen LogP contribution in [0.5, 0.6) is 5.75 Å². The summed E-state index contributed by atoms with van der Waals surface area (Å²) in [4.78, 5) is 12.0. The Kier molecular flexibility index (Phi) is 7.93. The summed E-state index contributed by atoms with van der Waals surface area (Å²) in [6.07, 6.45) is 0. The summed E-state index contributed by atoms with van der Waals surface area (Å²) < 4.78 is 1.72. The molecule has 1 amide bonds. The number of carbonyl (C=O) groups excluding carboxylic acids is 1. The fourth-order valence-corrected chi connectivity index (χ4v) is 5.34. The molecule has 0 fully saturated rings. The first-order valence-electron chi connectivity index (χ1n) is 8.49. The second kappa shape index (κ2) is 10.6. The third-order valence-corrected chi connectivity index (χ3v) is 7.35. The molecule has 0 radical (unpaired) electrons. The van der Waals surface area contributed by atoms with Gasteiger partial charge >= 0.3 is 4.34 Å². The molecule has 3 aromatic rings. The highest BCUT2D eigenvalue weighted by Gasteiger charge is 2.14. The number of aromatic amines is 1. The molecule has 29 heavy (non-hydrogen) atoms. The van der Waals surface area contributed by atoms with Crippen molar-refractivity contribution in [3.8, 4) is 5.75 Å². The van der Waals surface area contributed by atoms with E-state index in [0.29, 0.717) is 5.71 Å². The van der Waals surface area contributed by atoms with Crippen molar-refractivity contribution in [2.24, 2.45) is 5.10 Å². The highest BCUT2D eigenvalue weighted by Crippen LogP contribution is 2.30. The Balaban J connectivity index is 1.45. The van der Waals surface area contributed by atoms with Crippen molar-refractivity contribution in [2.45, 2.75) is 21.4 Å². The van der Waals surface area contributed by atoms with E-state index in [0.717, 1.165) is 30.6 Å². The van der Waals surface area contributed by atoms with Crippen LogP contribution < -0.4 is 15.6 Å². The molecular weight excluding hydrogens is 448 g/mol. The molecule has 10 heteroatoms. The van der Waals surface area contributed by atoms with E-state index in [1.807, 2.05) is 24.3 Å². The van der Waals surface area contributed by atoms with E-state index in [1.54, 1.807) is 30.8 Å². The average molecular weight is 465 g/mol. The summed E-state index contributed by atoms with van der Waals surface area (Å²) >= 11 is 10.6. The van der Waals surface area contributed by atoms with E-state index in [-0.39, 0.29) is 17.4 Å². The second-order valence-corrected chi connectivity index (χ2v) is 9.68. The van der Waals surface area contributed by atoms with Crippen LogP contribution in [0.1, 0.15) is 18.1 Å². The molecule has 0 saturated heterocycles. The van der Waals surface area contributed by atoms with Crippen LogP contribution in [0, 0.1) is 0 Å². The van der Waals surface area contributed by atoms with E-state index in [4.69, 9.17) is 11.6 Å². The molecule has 3 rings (SSSR count).